The summed E-state index contributed by atoms with van der Waals surface area (Å²) in [6.45, 7) is 4.68. The molecule has 2 N–H and O–H groups in total. The number of hydrogen-bond acceptors (Lipinski definition) is 3. The van der Waals surface area contributed by atoms with Crippen LogP contribution >= 0.6 is 23.4 Å². The first-order valence-electron chi connectivity index (χ1n) is 8.35. The molecule has 0 aliphatic carbocycles. The van der Waals surface area contributed by atoms with Crippen LogP contribution in [0.3, 0.4) is 0 Å². The topological polar surface area (TPSA) is 44.9 Å². The summed E-state index contributed by atoms with van der Waals surface area (Å²) in [6.07, 6.45) is 2.62. The van der Waals surface area contributed by atoms with Gasteiger partial charge in [-0.05, 0) is 54.5 Å². The Kier molecular flexibility index (Phi) is 5.95. The number of guanidine groups is 1. The maximum Gasteiger partial charge on any atom is 0.191 e. The summed E-state index contributed by atoms with van der Waals surface area (Å²) in [4.78, 5) is 9.24. The predicted molar refractivity (Wildman–Crippen MR) is 102 cm³/mol. The molecule has 126 valence electrons. The largest absolute Gasteiger partial charge is 0.370 e. The van der Waals surface area contributed by atoms with Gasteiger partial charge in [-0.2, -0.15) is 11.8 Å². The molecule has 0 radical (unpaired) electrons. The molecule has 2 aliphatic rings. The van der Waals surface area contributed by atoms with E-state index in [-0.39, 0.29) is 0 Å². The van der Waals surface area contributed by atoms with Gasteiger partial charge < -0.3 is 15.5 Å². The van der Waals surface area contributed by atoms with Gasteiger partial charge in [-0.15, -0.1) is 0 Å². The molecule has 0 spiro atoms. The number of nitrogens with two attached hydrogens (primary N) is 1. The third-order valence-corrected chi connectivity index (χ3v) is 6.10. The van der Waals surface area contributed by atoms with Crippen molar-refractivity contribution in [3.63, 3.8) is 0 Å². The summed E-state index contributed by atoms with van der Waals surface area (Å²) in [6, 6.07) is 8.05. The molecule has 0 saturated carbocycles. The molecule has 4 nitrogen and oxygen atoms in total. The zero-order chi connectivity index (χ0) is 16.1. The number of thioether (sulfide) groups is 1. The summed E-state index contributed by atoms with van der Waals surface area (Å²) in [7, 11) is 0. The number of hydrogen-bond donors (Lipinski definition) is 1. The number of aliphatic imine (C=N–C) groups is 1. The van der Waals surface area contributed by atoms with Crippen molar-refractivity contribution in [3.05, 3.63) is 29.3 Å². The van der Waals surface area contributed by atoms with Crippen LogP contribution in [-0.2, 0) is 0 Å². The molecule has 1 atom stereocenters. The van der Waals surface area contributed by atoms with E-state index in [9.17, 15) is 0 Å². The highest BCUT2D eigenvalue weighted by Crippen LogP contribution is 2.23. The highest BCUT2D eigenvalue weighted by Gasteiger charge is 2.19. The Morgan fingerprint density at radius 3 is 2.61 bits per heavy atom. The van der Waals surface area contributed by atoms with Crippen molar-refractivity contribution >= 4 is 35.0 Å². The Labute approximate surface area is 148 Å². The predicted octanol–water partition coefficient (Wildman–Crippen LogP) is 2.92. The molecule has 6 heteroatoms. The molecule has 2 saturated heterocycles. The van der Waals surface area contributed by atoms with Crippen molar-refractivity contribution in [1.82, 2.24) is 4.90 Å². The zero-order valence-electron chi connectivity index (χ0n) is 13.5. The van der Waals surface area contributed by atoms with Crippen LogP contribution in [0.15, 0.2) is 29.3 Å². The van der Waals surface area contributed by atoms with Crippen molar-refractivity contribution < 1.29 is 0 Å². The summed E-state index contributed by atoms with van der Waals surface area (Å²) < 4.78 is 0. The van der Waals surface area contributed by atoms with E-state index in [1.807, 2.05) is 23.9 Å². The van der Waals surface area contributed by atoms with Gasteiger partial charge in [-0.1, -0.05) is 11.6 Å². The SMILES string of the molecule is NC(=NCC1CCCSC1)N1CCN(c2ccc(Cl)cc2)CC1. The van der Waals surface area contributed by atoms with Gasteiger partial charge in [0.1, 0.15) is 0 Å². The maximum absolute atomic E-state index is 6.20. The molecule has 1 unspecified atom stereocenters. The number of rotatable bonds is 3. The minimum atomic E-state index is 0.711. The van der Waals surface area contributed by atoms with Crippen LogP contribution in [0.4, 0.5) is 5.69 Å². The molecule has 1 aromatic rings. The van der Waals surface area contributed by atoms with Gasteiger partial charge in [0, 0.05) is 43.4 Å². The van der Waals surface area contributed by atoms with Crippen LogP contribution < -0.4 is 10.6 Å². The van der Waals surface area contributed by atoms with E-state index in [1.54, 1.807) is 0 Å². The lowest BCUT2D eigenvalue weighted by Gasteiger charge is -2.36. The fourth-order valence-corrected chi connectivity index (χ4v) is 4.39. The van der Waals surface area contributed by atoms with Gasteiger partial charge in [0.15, 0.2) is 5.96 Å². The third-order valence-electron chi connectivity index (χ3n) is 4.56. The van der Waals surface area contributed by atoms with E-state index in [4.69, 9.17) is 17.3 Å². The van der Waals surface area contributed by atoms with Crippen molar-refractivity contribution in [2.75, 3.05) is 49.1 Å². The summed E-state index contributed by atoms with van der Waals surface area (Å²) in [5.74, 6) is 3.97. The number of benzene rings is 1. The maximum atomic E-state index is 6.20. The second kappa shape index (κ2) is 8.15. The van der Waals surface area contributed by atoms with E-state index in [1.165, 1.54) is 30.0 Å². The van der Waals surface area contributed by atoms with Crippen LogP contribution in [0, 0.1) is 5.92 Å². The lowest BCUT2D eigenvalue weighted by Crippen LogP contribution is -2.51. The summed E-state index contributed by atoms with van der Waals surface area (Å²) in [5, 5.41) is 0.782. The standard InChI is InChI=1S/C17H25ClN4S/c18-15-3-5-16(6-4-15)21-7-9-22(10-8-21)17(19)20-12-14-2-1-11-23-13-14/h3-6,14H,1-2,7-13H2,(H2,19,20). The molecule has 0 bridgehead atoms. The van der Waals surface area contributed by atoms with Crippen LogP contribution in [0.25, 0.3) is 0 Å². The molecular formula is C17H25ClN4S. The molecule has 0 aromatic heterocycles. The Hall–Kier alpha value is -1.07. The van der Waals surface area contributed by atoms with E-state index in [0.29, 0.717) is 5.92 Å². The summed E-state index contributed by atoms with van der Waals surface area (Å²) >= 11 is 8.00. The minimum absolute atomic E-state index is 0.711. The number of anilines is 1. The Morgan fingerprint density at radius 2 is 1.96 bits per heavy atom. The number of piperazine rings is 1. The van der Waals surface area contributed by atoms with E-state index in [0.717, 1.165) is 43.7 Å². The second-order valence-electron chi connectivity index (χ2n) is 6.23. The molecule has 2 aliphatic heterocycles. The molecule has 2 fully saturated rings. The van der Waals surface area contributed by atoms with E-state index < -0.39 is 0 Å². The van der Waals surface area contributed by atoms with Crippen molar-refractivity contribution in [2.45, 2.75) is 12.8 Å². The summed E-state index contributed by atoms with van der Waals surface area (Å²) in [5.41, 5.74) is 7.43. The van der Waals surface area contributed by atoms with Gasteiger partial charge in [-0.25, -0.2) is 0 Å². The fourth-order valence-electron chi connectivity index (χ4n) is 3.12. The third kappa shape index (κ3) is 4.70. The molecular weight excluding hydrogens is 328 g/mol. The van der Waals surface area contributed by atoms with Crippen molar-refractivity contribution in [3.8, 4) is 0 Å². The second-order valence-corrected chi connectivity index (χ2v) is 7.82. The minimum Gasteiger partial charge on any atom is -0.370 e. The fraction of sp³-hybridized carbons (Fsp3) is 0.588. The number of nitrogens with zero attached hydrogens (tertiary/aromatic N) is 3. The lowest BCUT2D eigenvalue weighted by molar-refractivity contribution is 0.379. The highest BCUT2D eigenvalue weighted by molar-refractivity contribution is 7.99. The molecule has 3 rings (SSSR count). The average molecular weight is 353 g/mol. The highest BCUT2D eigenvalue weighted by atomic mass is 35.5. The van der Waals surface area contributed by atoms with Gasteiger partial charge in [0.25, 0.3) is 0 Å². The number of halogens is 1. The Bertz CT molecular complexity index is 520. The van der Waals surface area contributed by atoms with Gasteiger partial charge in [0.05, 0.1) is 0 Å². The van der Waals surface area contributed by atoms with Crippen LogP contribution in [0.5, 0.6) is 0 Å². The first-order chi connectivity index (χ1) is 11.2. The van der Waals surface area contributed by atoms with Gasteiger partial charge in [-0.3, -0.25) is 4.99 Å². The van der Waals surface area contributed by atoms with E-state index in [2.05, 4.69) is 26.9 Å². The van der Waals surface area contributed by atoms with E-state index >= 15 is 0 Å². The van der Waals surface area contributed by atoms with Crippen molar-refractivity contribution in [1.29, 1.82) is 0 Å². The molecule has 23 heavy (non-hydrogen) atoms. The zero-order valence-corrected chi connectivity index (χ0v) is 15.0. The normalized spacial score (nSPS) is 23.2. The van der Waals surface area contributed by atoms with Crippen LogP contribution in [-0.4, -0.2) is 55.1 Å². The quantitative estimate of drug-likeness (QED) is 0.671. The average Bonchev–Trinajstić information content (AvgIpc) is 2.61. The Balaban J connectivity index is 1.48. The Morgan fingerprint density at radius 1 is 1.22 bits per heavy atom. The first kappa shape index (κ1) is 16.8. The van der Waals surface area contributed by atoms with Crippen LogP contribution in [0.1, 0.15) is 12.8 Å². The molecule has 2 heterocycles. The molecule has 0 amide bonds. The van der Waals surface area contributed by atoms with Gasteiger partial charge in [0.2, 0.25) is 0 Å². The van der Waals surface area contributed by atoms with Crippen molar-refractivity contribution in [2.24, 2.45) is 16.6 Å². The van der Waals surface area contributed by atoms with Crippen LogP contribution in [0.2, 0.25) is 5.02 Å². The van der Waals surface area contributed by atoms with Gasteiger partial charge >= 0.3 is 0 Å². The molecule has 1 aromatic carbocycles. The lowest BCUT2D eigenvalue weighted by atomic mass is 10.1. The smallest absolute Gasteiger partial charge is 0.191 e. The monoisotopic (exact) mass is 352 g/mol. The first-order valence-corrected chi connectivity index (χ1v) is 9.89.